The van der Waals surface area contributed by atoms with E-state index in [1.54, 1.807) is 48.5 Å². The number of urea groups is 1. The number of carboxylic acid groups (broad SMARTS) is 1. The normalized spacial score (nSPS) is 14.8. The van der Waals surface area contributed by atoms with E-state index in [1.165, 1.54) is 30.3 Å². The third kappa shape index (κ3) is 4.97. The number of imide groups is 2. The van der Waals surface area contributed by atoms with Gasteiger partial charge in [-0.15, -0.1) is 0 Å². The smallest absolute Gasteiger partial charge is 0.335 e. The average Bonchev–Trinajstić information content (AvgIpc) is 2.81. The predicted octanol–water partition coefficient (Wildman–Crippen LogP) is 4.28. The van der Waals surface area contributed by atoms with Gasteiger partial charge in [-0.2, -0.15) is 0 Å². The van der Waals surface area contributed by atoms with Crippen molar-refractivity contribution in [1.82, 2.24) is 5.32 Å². The summed E-state index contributed by atoms with van der Waals surface area (Å²) in [7, 11) is 0. The first kappa shape index (κ1) is 22.8. The standard InChI is InChI=1S/C25H17ClN2O6/c26-18-2-1-3-19(13-18)28-23(30)21(22(29)27-25(28)33)12-15-6-10-20(11-7-15)34-14-16-4-8-17(9-5-16)24(31)32/h1-13H,14H2,(H,31,32)(H,27,29,33). The third-order valence-corrected chi connectivity index (χ3v) is 5.20. The first-order valence-electron chi connectivity index (χ1n) is 10.0. The molecule has 1 fully saturated rings. The van der Waals surface area contributed by atoms with Crippen molar-refractivity contribution in [1.29, 1.82) is 0 Å². The SMILES string of the molecule is O=C1NC(=O)N(c2cccc(Cl)c2)C(=O)C1=Cc1ccc(OCc2ccc(C(=O)O)cc2)cc1. The number of carbonyl (C=O) groups excluding carboxylic acids is 3. The van der Waals surface area contributed by atoms with E-state index in [1.807, 2.05) is 0 Å². The zero-order chi connectivity index (χ0) is 24.2. The average molecular weight is 477 g/mol. The van der Waals surface area contributed by atoms with Gasteiger partial charge in [-0.3, -0.25) is 14.9 Å². The summed E-state index contributed by atoms with van der Waals surface area (Å²) < 4.78 is 5.70. The highest BCUT2D eigenvalue weighted by Crippen LogP contribution is 2.25. The Hall–Kier alpha value is -4.43. The molecule has 34 heavy (non-hydrogen) atoms. The van der Waals surface area contributed by atoms with Crippen LogP contribution in [-0.2, 0) is 16.2 Å². The number of anilines is 1. The van der Waals surface area contributed by atoms with Gasteiger partial charge in [-0.25, -0.2) is 14.5 Å². The minimum absolute atomic E-state index is 0.193. The minimum atomic E-state index is -0.998. The number of ether oxygens (including phenoxy) is 1. The maximum Gasteiger partial charge on any atom is 0.335 e. The molecule has 1 saturated heterocycles. The van der Waals surface area contributed by atoms with Crippen LogP contribution in [0, 0.1) is 0 Å². The zero-order valence-corrected chi connectivity index (χ0v) is 18.3. The molecule has 0 unspecified atom stereocenters. The second-order valence-corrected chi connectivity index (χ2v) is 7.73. The Bertz CT molecular complexity index is 1320. The molecule has 1 aliphatic heterocycles. The molecule has 0 aliphatic carbocycles. The summed E-state index contributed by atoms with van der Waals surface area (Å²) in [5.74, 6) is -2.01. The van der Waals surface area contributed by atoms with Gasteiger partial charge < -0.3 is 9.84 Å². The van der Waals surface area contributed by atoms with Crippen molar-refractivity contribution in [2.45, 2.75) is 6.61 Å². The molecule has 0 atom stereocenters. The Balaban J connectivity index is 1.48. The van der Waals surface area contributed by atoms with Crippen LogP contribution in [0.4, 0.5) is 10.5 Å². The van der Waals surface area contributed by atoms with Gasteiger partial charge in [0, 0.05) is 5.02 Å². The fourth-order valence-electron chi connectivity index (χ4n) is 3.24. The molecule has 8 nitrogen and oxygen atoms in total. The molecule has 1 aliphatic rings. The van der Waals surface area contributed by atoms with Crippen molar-refractivity contribution in [3.05, 3.63) is 100 Å². The molecule has 4 rings (SSSR count). The Morgan fingerprint density at radius 1 is 1.00 bits per heavy atom. The van der Waals surface area contributed by atoms with Gasteiger partial charge in [-0.05, 0) is 59.7 Å². The molecule has 2 N–H and O–H groups in total. The highest BCUT2D eigenvalue weighted by molar-refractivity contribution is 6.39. The molecule has 0 radical (unpaired) electrons. The first-order valence-corrected chi connectivity index (χ1v) is 10.4. The van der Waals surface area contributed by atoms with Crippen LogP contribution in [0.2, 0.25) is 5.02 Å². The van der Waals surface area contributed by atoms with E-state index in [-0.39, 0.29) is 23.4 Å². The van der Waals surface area contributed by atoms with Crippen LogP contribution in [0.1, 0.15) is 21.5 Å². The summed E-state index contributed by atoms with van der Waals surface area (Å²) in [6.07, 6.45) is 1.38. The van der Waals surface area contributed by atoms with Gasteiger partial charge >= 0.3 is 12.0 Å². The molecule has 0 spiro atoms. The molecule has 1 heterocycles. The summed E-state index contributed by atoms with van der Waals surface area (Å²) in [4.78, 5) is 49.3. The number of carbonyl (C=O) groups is 4. The minimum Gasteiger partial charge on any atom is -0.489 e. The van der Waals surface area contributed by atoms with E-state index in [0.717, 1.165) is 10.5 Å². The lowest BCUT2D eigenvalue weighted by Gasteiger charge is -2.26. The summed E-state index contributed by atoms with van der Waals surface area (Å²) in [5, 5.41) is 11.5. The Morgan fingerprint density at radius 3 is 2.35 bits per heavy atom. The van der Waals surface area contributed by atoms with Gasteiger partial charge in [0.2, 0.25) is 0 Å². The van der Waals surface area contributed by atoms with Crippen LogP contribution in [0.25, 0.3) is 6.08 Å². The van der Waals surface area contributed by atoms with Crippen LogP contribution < -0.4 is 15.0 Å². The second-order valence-electron chi connectivity index (χ2n) is 7.30. The highest BCUT2D eigenvalue weighted by atomic mass is 35.5. The lowest BCUT2D eigenvalue weighted by molar-refractivity contribution is -0.122. The summed E-state index contributed by atoms with van der Waals surface area (Å²) in [5.41, 5.74) is 1.59. The number of hydrogen-bond donors (Lipinski definition) is 2. The molecule has 0 saturated carbocycles. The number of nitrogens with zero attached hydrogens (tertiary/aromatic N) is 1. The van der Waals surface area contributed by atoms with Crippen LogP contribution >= 0.6 is 11.6 Å². The van der Waals surface area contributed by atoms with E-state index < -0.39 is 23.8 Å². The van der Waals surface area contributed by atoms with Crippen molar-refractivity contribution in [3.63, 3.8) is 0 Å². The van der Waals surface area contributed by atoms with Crippen LogP contribution in [0.3, 0.4) is 0 Å². The van der Waals surface area contributed by atoms with Gasteiger partial charge in [0.15, 0.2) is 0 Å². The molecule has 3 aromatic rings. The van der Waals surface area contributed by atoms with Gasteiger partial charge in [0.1, 0.15) is 17.9 Å². The highest BCUT2D eigenvalue weighted by Gasteiger charge is 2.36. The maximum atomic E-state index is 12.9. The first-order chi connectivity index (χ1) is 16.3. The molecule has 4 amide bonds. The van der Waals surface area contributed by atoms with Crippen molar-refractivity contribution in [2.24, 2.45) is 0 Å². The quantitative estimate of drug-likeness (QED) is 0.405. The molecular formula is C25H17ClN2O6. The lowest BCUT2D eigenvalue weighted by atomic mass is 10.1. The number of hydrogen-bond acceptors (Lipinski definition) is 5. The van der Waals surface area contributed by atoms with E-state index in [4.69, 9.17) is 21.4 Å². The second kappa shape index (κ2) is 9.60. The summed E-state index contributed by atoms with van der Waals surface area (Å²) in [6.45, 7) is 0.234. The third-order valence-electron chi connectivity index (χ3n) is 4.97. The summed E-state index contributed by atoms with van der Waals surface area (Å²) >= 11 is 5.97. The van der Waals surface area contributed by atoms with Gasteiger partial charge in [-0.1, -0.05) is 41.9 Å². The molecule has 3 aromatic carbocycles. The molecule has 9 heteroatoms. The Morgan fingerprint density at radius 2 is 1.71 bits per heavy atom. The number of amides is 4. The number of rotatable bonds is 6. The lowest BCUT2D eigenvalue weighted by Crippen LogP contribution is -2.54. The van der Waals surface area contributed by atoms with E-state index in [0.29, 0.717) is 16.3 Å². The number of benzene rings is 3. The van der Waals surface area contributed by atoms with Crippen molar-refractivity contribution >= 4 is 47.2 Å². The van der Waals surface area contributed by atoms with Crippen molar-refractivity contribution in [3.8, 4) is 5.75 Å². The predicted molar refractivity (Wildman–Crippen MR) is 125 cm³/mol. The van der Waals surface area contributed by atoms with Crippen molar-refractivity contribution < 1.29 is 29.0 Å². The Labute approximate surface area is 199 Å². The zero-order valence-electron chi connectivity index (χ0n) is 17.5. The fourth-order valence-corrected chi connectivity index (χ4v) is 3.43. The van der Waals surface area contributed by atoms with Crippen LogP contribution in [-0.4, -0.2) is 28.9 Å². The maximum absolute atomic E-state index is 12.9. The molecule has 170 valence electrons. The molecule has 0 bridgehead atoms. The number of halogens is 1. The van der Waals surface area contributed by atoms with Crippen LogP contribution in [0.5, 0.6) is 5.75 Å². The summed E-state index contributed by atoms with van der Waals surface area (Å²) in [6, 6.07) is 18.3. The van der Waals surface area contributed by atoms with E-state index in [9.17, 15) is 19.2 Å². The molecular weight excluding hydrogens is 460 g/mol. The largest absolute Gasteiger partial charge is 0.489 e. The molecule has 0 aromatic heterocycles. The topological polar surface area (TPSA) is 113 Å². The van der Waals surface area contributed by atoms with Crippen LogP contribution in [0.15, 0.2) is 78.4 Å². The van der Waals surface area contributed by atoms with E-state index >= 15 is 0 Å². The number of barbiturate groups is 1. The van der Waals surface area contributed by atoms with E-state index in [2.05, 4.69) is 5.32 Å². The number of nitrogens with one attached hydrogen (secondary N) is 1. The Kier molecular flexibility index (Phi) is 6.42. The van der Waals surface area contributed by atoms with Gasteiger partial charge in [0.05, 0.1) is 11.3 Å². The monoisotopic (exact) mass is 476 g/mol. The van der Waals surface area contributed by atoms with Gasteiger partial charge in [0.25, 0.3) is 11.8 Å². The number of carboxylic acids is 1. The van der Waals surface area contributed by atoms with Crippen molar-refractivity contribution in [2.75, 3.05) is 4.90 Å². The fraction of sp³-hybridized carbons (Fsp3) is 0.0400. The number of aromatic carboxylic acids is 1.